The smallest absolute Gasteiger partial charge is 0.325 e. The number of hydrogen-bond acceptors (Lipinski definition) is 5. The van der Waals surface area contributed by atoms with Crippen molar-refractivity contribution in [2.45, 2.75) is 51.7 Å². The second-order valence-electron chi connectivity index (χ2n) is 5.02. The van der Waals surface area contributed by atoms with E-state index in [-0.39, 0.29) is 11.1 Å². The zero-order valence-corrected chi connectivity index (χ0v) is 13.6. The number of carboxylic acid groups (broad SMARTS) is 1. The summed E-state index contributed by atoms with van der Waals surface area (Å²) in [4.78, 5) is 45.0. The fraction of sp³-hybridized carbons (Fsp3) is 0.692. The quantitative estimate of drug-likeness (QED) is 0.604. The van der Waals surface area contributed by atoms with Crippen molar-refractivity contribution in [2.75, 3.05) is 6.54 Å². The predicted octanol–water partition coefficient (Wildman–Crippen LogP) is -0.314. The average Bonchev–Trinajstić information content (AvgIpc) is 2.85. The maximum absolute atomic E-state index is 11.9. The topological polar surface area (TPSA) is 130 Å². The molecule has 1 saturated heterocycles. The summed E-state index contributed by atoms with van der Waals surface area (Å²) >= 11 is 4.64. The van der Waals surface area contributed by atoms with E-state index in [4.69, 9.17) is 10.8 Å². The van der Waals surface area contributed by atoms with E-state index in [9.17, 15) is 19.2 Å². The number of aliphatic carboxylic acids is 1. The molecule has 22 heavy (non-hydrogen) atoms. The standard InChI is InChI=1S/C11H19N3O4.C2H3ClO/c1-6(12)10(16)14-5-3-4-8(14)9(15)13-7(2)11(17)18;1-2(3)4/h6-8H,3-5,12H2,1-2H3,(H,13,15)(H,17,18);1H3/t6-,7-,8-;/m0./s1. The first-order valence-electron chi connectivity index (χ1n) is 6.83. The van der Waals surface area contributed by atoms with E-state index in [1.165, 1.54) is 18.7 Å². The molecule has 0 aromatic rings. The molecule has 3 atom stereocenters. The van der Waals surface area contributed by atoms with Gasteiger partial charge in [0.1, 0.15) is 12.1 Å². The van der Waals surface area contributed by atoms with Crippen LogP contribution >= 0.6 is 11.6 Å². The van der Waals surface area contributed by atoms with Gasteiger partial charge in [-0.05, 0) is 38.3 Å². The number of amides is 2. The molecule has 8 nitrogen and oxygen atoms in total. The molecule has 1 aliphatic heterocycles. The number of halogens is 1. The highest BCUT2D eigenvalue weighted by atomic mass is 35.5. The van der Waals surface area contributed by atoms with Gasteiger partial charge < -0.3 is 21.1 Å². The first-order chi connectivity index (χ1) is 10.1. The summed E-state index contributed by atoms with van der Waals surface area (Å²) in [6, 6.07) is -2.23. The predicted molar refractivity (Wildman–Crippen MR) is 80.2 cm³/mol. The van der Waals surface area contributed by atoms with Crippen molar-refractivity contribution in [3.8, 4) is 0 Å². The summed E-state index contributed by atoms with van der Waals surface area (Å²) in [6.45, 7) is 4.73. The van der Waals surface area contributed by atoms with E-state index < -0.39 is 30.0 Å². The first kappa shape index (κ1) is 20.3. The molecule has 1 heterocycles. The molecule has 0 radical (unpaired) electrons. The second kappa shape index (κ2) is 9.37. The van der Waals surface area contributed by atoms with Gasteiger partial charge in [-0.1, -0.05) is 0 Å². The fourth-order valence-corrected chi connectivity index (χ4v) is 1.94. The Morgan fingerprint density at radius 3 is 2.23 bits per heavy atom. The van der Waals surface area contributed by atoms with Crippen LogP contribution < -0.4 is 11.1 Å². The Morgan fingerprint density at radius 2 is 1.82 bits per heavy atom. The summed E-state index contributed by atoms with van der Waals surface area (Å²) in [5, 5.41) is 10.7. The van der Waals surface area contributed by atoms with Gasteiger partial charge in [0.15, 0.2) is 0 Å². The van der Waals surface area contributed by atoms with Crippen molar-refractivity contribution in [1.82, 2.24) is 10.2 Å². The Balaban J connectivity index is 0.000000980. The Morgan fingerprint density at radius 1 is 1.32 bits per heavy atom. The molecule has 9 heteroatoms. The third-order valence-electron chi connectivity index (χ3n) is 2.96. The Hall–Kier alpha value is -1.67. The van der Waals surface area contributed by atoms with Crippen LogP contribution in [0.3, 0.4) is 0 Å². The van der Waals surface area contributed by atoms with Gasteiger partial charge in [0.25, 0.3) is 0 Å². The molecule has 0 aliphatic carbocycles. The summed E-state index contributed by atoms with van der Waals surface area (Å²) < 4.78 is 0. The molecule has 0 unspecified atom stereocenters. The van der Waals surface area contributed by atoms with Crippen molar-refractivity contribution in [3.05, 3.63) is 0 Å². The van der Waals surface area contributed by atoms with Crippen LogP contribution in [-0.2, 0) is 19.2 Å². The highest BCUT2D eigenvalue weighted by Crippen LogP contribution is 2.18. The summed E-state index contributed by atoms with van der Waals surface area (Å²) in [7, 11) is 0. The number of nitrogens with zero attached hydrogens (tertiary/aromatic N) is 1. The fourth-order valence-electron chi connectivity index (χ4n) is 1.94. The van der Waals surface area contributed by atoms with Gasteiger partial charge >= 0.3 is 5.97 Å². The monoisotopic (exact) mass is 335 g/mol. The number of likely N-dealkylation sites (tertiary alicyclic amines) is 1. The summed E-state index contributed by atoms with van der Waals surface area (Å²) in [6.07, 6.45) is 1.26. The van der Waals surface area contributed by atoms with Crippen LogP contribution in [0.15, 0.2) is 0 Å². The molecule has 0 aromatic carbocycles. The van der Waals surface area contributed by atoms with Crippen LogP contribution in [0.1, 0.15) is 33.6 Å². The van der Waals surface area contributed by atoms with Gasteiger partial charge in [-0.15, -0.1) is 0 Å². The number of nitrogens with one attached hydrogen (secondary N) is 1. The van der Waals surface area contributed by atoms with Crippen molar-refractivity contribution < 1.29 is 24.3 Å². The highest BCUT2D eigenvalue weighted by molar-refractivity contribution is 6.62. The minimum absolute atomic E-state index is 0.282. The molecule has 4 N–H and O–H groups in total. The molecule has 0 spiro atoms. The maximum Gasteiger partial charge on any atom is 0.325 e. The number of carboxylic acids is 1. The zero-order valence-electron chi connectivity index (χ0n) is 12.8. The van der Waals surface area contributed by atoms with Crippen LogP contribution in [0.25, 0.3) is 0 Å². The second-order valence-corrected chi connectivity index (χ2v) is 5.55. The third kappa shape index (κ3) is 6.86. The Bertz CT molecular complexity index is 437. The SMILES string of the molecule is CC(=O)Cl.C[C@H](N)C(=O)N1CCC[C@H]1C(=O)N[C@@H](C)C(=O)O. The molecular weight excluding hydrogens is 314 g/mol. The lowest BCUT2D eigenvalue weighted by atomic mass is 10.1. The summed E-state index contributed by atoms with van der Waals surface area (Å²) in [5.41, 5.74) is 5.51. The largest absolute Gasteiger partial charge is 0.480 e. The van der Waals surface area contributed by atoms with Crippen molar-refractivity contribution in [2.24, 2.45) is 5.73 Å². The van der Waals surface area contributed by atoms with E-state index in [2.05, 4.69) is 16.9 Å². The van der Waals surface area contributed by atoms with Crippen LogP contribution in [0.5, 0.6) is 0 Å². The Labute approximate surface area is 134 Å². The minimum atomic E-state index is -1.11. The number of nitrogens with two attached hydrogens (primary N) is 1. The lowest BCUT2D eigenvalue weighted by Crippen LogP contribution is -2.52. The summed E-state index contributed by atoms with van der Waals surface area (Å²) in [5.74, 6) is -1.82. The van der Waals surface area contributed by atoms with E-state index in [0.717, 1.165) is 6.42 Å². The Kier molecular flexibility index (Phi) is 8.66. The van der Waals surface area contributed by atoms with E-state index in [0.29, 0.717) is 13.0 Å². The van der Waals surface area contributed by atoms with Gasteiger partial charge in [-0.2, -0.15) is 0 Å². The molecule has 1 aliphatic rings. The highest BCUT2D eigenvalue weighted by Gasteiger charge is 2.35. The normalized spacial score (nSPS) is 19.5. The number of carbonyl (C=O) groups excluding carboxylic acids is 3. The van der Waals surface area contributed by atoms with Crippen LogP contribution in [0.2, 0.25) is 0 Å². The molecular formula is C13H22ClN3O5. The molecule has 0 aromatic heterocycles. The van der Waals surface area contributed by atoms with Gasteiger partial charge in [0, 0.05) is 13.5 Å². The number of hydrogen-bond donors (Lipinski definition) is 3. The number of rotatable bonds is 4. The van der Waals surface area contributed by atoms with Gasteiger partial charge in [0.2, 0.25) is 17.1 Å². The molecule has 1 fully saturated rings. The van der Waals surface area contributed by atoms with E-state index in [1.807, 2.05) is 0 Å². The van der Waals surface area contributed by atoms with Crippen LogP contribution in [0.4, 0.5) is 0 Å². The first-order valence-corrected chi connectivity index (χ1v) is 7.21. The van der Waals surface area contributed by atoms with Crippen molar-refractivity contribution >= 4 is 34.6 Å². The third-order valence-corrected chi connectivity index (χ3v) is 2.96. The van der Waals surface area contributed by atoms with Gasteiger partial charge in [0.05, 0.1) is 6.04 Å². The van der Waals surface area contributed by atoms with Gasteiger partial charge in [-0.3, -0.25) is 19.2 Å². The van der Waals surface area contributed by atoms with Crippen LogP contribution in [0, 0.1) is 0 Å². The molecule has 2 amide bonds. The number of carbonyl (C=O) groups is 4. The van der Waals surface area contributed by atoms with Crippen molar-refractivity contribution in [3.63, 3.8) is 0 Å². The lowest BCUT2D eigenvalue weighted by molar-refractivity contribution is -0.143. The van der Waals surface area contributed by atoms with Crippen LogP contribution in [-0.4, -0.2) is 57.7 Å². The van der Waals surface area contributed by atoms with E-state index >= 15 is 0 Å². The maximum atomic E-state index is 11.9. The van der Waals surface area contributed by atoms with Crippen molar-refractivity contribution in [1.29, 1.82) is 0 Å². The average molecular weight is 336 g/mol. The zero-order chi connectivity index (χ0) is 17.4. The lowest BCUT2D eigenvalue weighted by Gasteiger charge is -2.26. The minimum Gasteiger partial charge on any atom is -0.480 e. The molecule has 126 valence electrons. The molecule has 0 saturated carbocycles. The molecule has 0 bridgehead atoms. The molecule has 1 rings (SSSR count). The van der Waals surface area contributed by atoms with Gasteiger partial charge in [-0.25, -0.2) is 0 Å². The van der Waals surface area contributed by atoms with E-state index in [1.54, 1.807) is 6.92 Å².